The lowest BCUT2D eigenvalue weighted by atomic mass is 10.2. The second-order valence-electron chi connectivity index (χ2n) is 7.85. The average Bonchev–Trinajstić information content (AvgIpc) is 2.67. The number of esters is 1. The molecule has 1 aromatic rings. The van der Waals surface area contributed by atoms with Crippen LogP contribution in [0.25, 0.3) is 0 Å². The first-order valence-electron chi connectivity index (χ1n) is 9.59. The number of amides is 2. The predicted octanol–water partition coefficient (Wildman–Crippen LogP) is 2.03. The smallest absolute Gasteiger partial charge is 0.410 e. The second kappa shape index (κ2) is 11.4. The summed E-state index contributed by atoms with van der Waals surface area (Å²) in [5, 5.41) is 2.86. The fraction of sp³-hybridized carbons (Fsp3) is 0.571. The third-order valence-corrected chi connectivity index (χ3v) is 4.11. The van der Waals surface area contributed by atoms with Crippen molar-refractivity contribution in [2.24, 2.45) is 0 Å². The van der Waals surface area contributed by atoms with Gasteiger partial charge in [-0.3, -0.25) is 9.59 Å². The van der Waals surface area contributed by atoms with Gasteiger partial charge in [-0.25, -0.2) is 4.79 Å². The number of likely N-dealkylation sites (N-methyl/N-ethyl adjacent to an activating group) is 3. The zero-order valence-corrected chi connectivity index (χ0v) is 18.2. The van der Waals surface area contributed by atoms with Crippen molar-refractivity contribution in [2.75, 3.05) is 34.2 Å². The van der Waals surface area contributed by atoms with Crippen LogP contribution in [0.5, 0.6) is 0 Å². The number of nitrogens with zero attached hydrogens (tertiary/aromatic N) is 2. The summed E-state index contributed by atoms with van der Waals surface area (Å²) in [7, 11) is 4.86. The lowest BCUT2D eigenvalue weighted by Gasteiger charge is -2.27. The maximum Gasteiger partial charge on any atom is 0.410 e. The molecular weight excluding hydrogens is 374 g/mol. The van der Waals surface area contributed by atoms with Crippen molar-refractivity contribution in [3.05, 3.63) is 35.9 Å². The maximum absolute atomic E-state index is 12.6. The number of hydrogen-bond donors (Lipinski definition) is 1. The molecular formula is C21H33N3O5. The third kappa shape index (κ3) is 9.43. The molecule has 0 spiro atoms. The van der Waals surface area contributed by atoms with Gasteiger partial charge in [0.05, 0.1) is 12.5 Å². The first-order valence-corrected chi connectivity index (χ1v) is 9.59. The Labute approximate surface area is 173 Å². The SMILES string of the molecule is CN[C@@H](CC(=O)OCc1ccccc1)C(=O)N(C)CCN(C)C(=O)OC(C)(C)C. The van der Waals surface area contributed by atoms with Crippen LogP contribution in [0.2, 0.25) is 0 Å². The van der Waals surface area contributed by atoms with Crippen molar-refractivity contribution in [1.82, 2.24) is 15.1 Å². The predicted molar refractivity (Wildman–Crippen MR) is 110 cm³/mol. The molecule has 0 aliphatic heterocycles. The van der Waals surface area contributed by atoms with Crippen molar-refractivity contribution in [2.45, 2.75) is 45.4 Å². The number of carbonyl (C=O) groups is 3. The summed E-state index contributed by atoms with van der Waals surface area (Å²) in [6, 6.07) is 8.65. The van der Waals surface area contributed by atoms with E-state index in [4.69, 9.17) is 9.47 Å². The van der Waals surface area contributed by atoms with Crippen LogP contribution in [0, 0.1) is 0 Å². The highest BCUT2D eigenvalue weighted by Crippen LogP contribution is 2.09. The topological polar surface area (TPSA) is 88.2 Å². The highest BCUT2D eigenvalue weighted by atomic mass is 16.6. The van der Waals surface area contributed by atoms with Crippen LogP contribution >= 0.6 is 0 Å². The second-order valence-corrected chi connectivity index (χ2v) is 7.85. The summed E-state index contributed by atoms with van der Waals surface area (Å²) in [6.45, 7) is 6.17. The molecule has 0 fully saturated rings. The van der Waals surface area contributed by atoms with Crippen molar-refractivity contribution in [1.29, 1.82) is 0 Å². The Morgan fingerprint density at radius 1 is 1.03 bits per heavy atom. The van der Waals surface area contributed by atoms with Crippen molar-refractivity contribution < 1.29 is 23.9 Å². The highest BCUT2D eigenvalue weighted by molar-refractivity contribution is 5.86. The Kier molecular flexibility index (Phi) is 9.61. The lowest BCUT2D eigenvalue weighted by molar-refractivity contribution is -0.148. The minimum Gasteiger partial charge on any atom is -0.461 e. The normalized spacial score (nSPS) is 12.1. The quantitative estimate of drug-likeness (QED) is 0.630. The molecule has 162 valence electrons. The third-order valence-electron chi connectivity index (χ3n) is 4.11. The molecule has 1 aromatic carbocycles. The molecule has 0 aliphatic carbocycles. The van der Waals surface area contributed by atoms with Crippen molar-refractivity contribution >= 4 is 18.0 Å². The van der Waals surface area contributed by atoms with Gasteiger partial charge in [0.25, 0.3) is 0 Å². The van der Waals surface area contributed by atoms with E-state index in [1.807, 2.05) is 30.3 Å². The van der Waals surface area contributed by atoms with E-state index in [1.54, 1.807) is 41.9 Å². The van der Waals surface area contributed by atoms with E-state index in [1.165, 1.54) is 9.80 Å². The Morgan fingerprint density at radius 2 is 1.62 bits per heavy atom. The van der Waals surface area contributed by atoms with Gasteiger partial charge in [-0.2, -0.15) is 0 Å². The largest absolute Gasteiger partial charge is 0.461 e. The summed E-state index contributed by atoms with van der Waals surface area (Å²) in [5.41, 5.74) is 0.306. The van der Waals surface area contributed by atoms with Crippen LogP contribution in [-0.2, 0) is 25.7 Å². The van der Waals surface area contributed by atoms with E-state index in [-0.39, 0.29) is 18.9 Å². The van der Waals surface area contributed by atoms with Gasteiger partial charge in [-0.15, -0.1) is 0 Å². The zero-order valence-electron chi connectivity index (χ0n) is 18.2. The molecule has 0 aliphatic rings. The molecule has 0 saturated carbocycles. The molecule has 0 radical (unpaired) electrons. The maximum atomic E-state index is 12.6. The zero-order chi connectivity index (χ0) is 22.0. The number of hydrogen-bond acceptors (Lipinski definition) is 6. The number of ether oxygens (including phenoxy) is 2. The lowest BCUT2D eigenvalue weighted by Crippen LogP contribution is -2.47. The van der Waals surface area contributed by atoms with Gasteiger partial charge < -0.3 is 24.6 Å². The summed E-state index contributed by atoms with van der Waals surface area (Å²) < 4.78 is 10.5. The monoisotopic (exact) mass is 407 g/mol. The highest BCUT2D eigenvalue weighted by Gasteiger charge is 2.25. The summed E-state index contributed by atoms with van der Waals surface area (Å²) in [4.78, 5) is 39.6. The summed E-state index contributed by atoms with van der Waals surface area (Å²) >= 11 is 0. The molecule has 8 nitrogen and oxygen atoms in total. The van der Waals surface area contributed by atoms with Gasteiger partial charge >= 0.3 is 12.1 Å². The number of rotatable bonds is 9. The molecule has 1 atom stereocenters. The molecule has 2 amide bonds. The molecule has 0 heterocycles. The molecule has 0 unspecified atom stereocenters. The Hall–Kier alpha value is -2.61. The Balaban J connectivity index is 2.47. The van der Waals surface area contributed by atoms with Crippen LogP contribution in [-0.4, -0.2) is 73.6 Å². The molecule has 0 saturated heterocycles. The minimum absolute atomic E-state index is 0.0750. The van der Waals surface area contributed by atoms with Gasteiger partial charge in [-0.05, 0) is 33.4 Å². The first-order chi connectivity index (χ1) is 13.5. The molecule has 1 N–H and O–H groups in total. The van der Waals surface area contributed by atoms with Gasteiger partial charge in [0.1, 0.15) is 12.2 Å². The molecule has 29 heavy (non-hydrogen) atoms. The van der Waals surface area contributed by atoms with E-state index in [2.05, 4.69) is 5.32 Å². The average molecular weight is 408 g/mol. The van der Waals surface area contributed by atoms with Crippen molar-refractivity contribution in [3.63, 3.8) is 0 Å². The van der Waals surface area contributed by atoms with Crippen LogP contribution in [0.4, 0.5) is 4.79 Å². The van der Waals surface area contributed by atoms with Gasteiger partial charge in [0.2, 0.25) is 5.91 Å². The summed E-state index contributed by atoms with van der Waals surface area (Å²) in [6.07, 6.45) is -0.526. The number of nitrogens with one attached hydrogen (secondary N) is 1. The van der Waals surface area contributed by atoms with Crippen LogP contribution in [0.15, 0.2) is 30.3 Å². The number of benzene rings is 1. The fourth-order valence-corrected chi connectivity index (χ4v) is 2.38. The fourth-order valence-electron chi connectivity index (χ4n) is 2.38. The van der Waals surface area contributed by atoms with Gasteiger partial charge in [-0.1, -0.05) is 30.3 Å². The van der Waals surface area contributed by atoms with Crippen LogP contribution < -0.4 is 5.32 Å². The Bertz CT molecular complexity index is 673. The van der Waals surface area contributed by atoms with Gasteiger partial charge in [0, 0.05) is 27.2 Å². The van der Waals surface area contributed by atoms with Crippen LogP contribution in [0.3, 0.4) is 0 Å². The number of carbonyl (C=O) groups excluding carboxylic acids is 3. The van der Waals surface area contributed by atoms with E-state index in [0.29, 0.717) is 13.1 Å². The van der Waals surface area contributed by atoms with E-state index in [0.717, 1.165) is 5.56 Å². The molecule has 1 rings (SSSR count). The molecule has 0 bridgehead atoms. The summed E-state index contributed by atoms with van der Waals surface area (Å²) in [5.74, 6) is -0.706. The molecule has 0 aromatic heterocycles. The van der Waals surface area contributed by atoms with E-state index < -0.39 is 23.7 Å². The van der Waals surface area contributed by atoms with Gasteiger partial charge in [0.15, 0.2) is 0 Å². The Morgan fingerprint density at radius 3 is 2.17 bits per heavy atom. The molecule has 8 heteroatoms. The minimum atomic E-state index is -0.699. The van der Waals surface area contributed by atoms with Crippen molar-refractivity contribution in [3.8, 4) is 0 Å². The van der Waals surface area contributed by atoms with E-state index in [9.17, 15) is 14.4 Å². The first kappa shape index (κ1) is 24.4. The van der Waals surface area contributed by atoms with Crippen LogP contribution in [0.1, 0.15) is 32.8 Å². The standard InChI is InChI=1S/C21H33N3O5/c1-21(2,3)29-20(27)24(6)13-12-23(5)19(26)17(22-4)14-18(25)28-15-16-10-8-7-9-11-16/h7-11,17,22H,12-15H2,1-6H3/t17-/m0/s1. The van der Waals surface area contributed by atoms with E-state index >= 15 is 0 Å².